The molecule has 23 heavy (non-hydrogen) atoms. The molecule has 0 saturated heterocycles. The monoisotopic (exact) mass is 319 g/mol. The summed E-state index contributed by atoms with van der Waals surface area (Å²) in [7, 11) is 0. The van der Waals surface area contributed by atoms with E-state index >= 15 is 0 Å². The maximum Gasteiger partial charge on any atom is 0.276 e. The van der Waals surface area contributed by atoms with Gasteiger partial charge in [-0.1, -0.05) is 5.21 Å². The van der Waals surface area contributed by atoms with E-state index in [1.54, 1.807) is 6.92 Å². The summed E-state index contributed by atoms with van der Waals surface area (Å²) in [6.45, 7) is 1.42. The molecule has 2 heterocycles. The molecule has 9 heteroatoms. The molecule has 0 unspecified atom stereocenters. The van der Waals surface area contributed by atoms with Gasteiger partial charge in [0, 0.05) is 17.8 Å². The zero-order chi connectivity index (χ0) is 16.6. The van der Waals surface area contributed by atoms with Crippen LogP contribution in [0.2, 0.25) is 0 Å². The lowest BCUT2D eigenvalue weighted by molar-refractivity contribution is 0.0947. The number of fused-ring (bicyclic) bond motifs is 1. The highest BCUT2D eigenvalue weighted by atomic mass is 19.1. The van der Waals surface area contributed by atoms with E-state index in [0.717, 1.165) is 18.2 Å². The van der Waals surface area contributed by atoms with Gasteiger partial charge in [0.15, 0.2) is 11.2 Å². The number of hydrogen-bond donors (Lipinski definition) is 2. The van der Waals surface area contributed by atoms with E-state index in [0.29, 0.717) is 5.69 Å². The highest BCUT2D eigenvalue weighted by molar-refractivity contribution is 5.98. The number of H-pyrrole nitrogens is 1. The Morgan fingerprint density at radius 3 is 2.96 bits per heavy atom. The van der Waals surface area contributed by atoms with Gasteiger partial charge in [-0.15, -0.1) is 5.10 Å². The Hall–Kier alpha value is -3.10. The quantitative estimate of drug-likeness (QED) is 0.751. The normalized spacial score (nSPS) is 10.9. The van der Waals surface area contributed by atoms with E-state index in [1.165, 1.54) is 10.7 Å². The smallest absolute Gasteiger partial charge is 0.276 e. The van der Waals surface area contributed by atoms with Crippen LogP contribution in [-0.2, 0) is 6.54 Å². The maximum absolute atomic E-state index is 13.5. The fourth-order valence-corrected chi connectivity index (χ4v) is 2.14. The highest BCUT2D eigenvalue weighted by Crippen LogP contribution is 2.10. The zero-order valence-corrected chi connectivity index (χ0v) is 11.9. The van der Waals surface area contributed by atoms with Crippen molar-refractivity contribution < 1.29 is 13.6 Å². The van der Waals surface area contributed by atoms with Crippen molar-refractivity contribution in [1.82, 2.24) is 25.1 Å². The standard InChI is InChI=1S/C14H11F2N5O2/c1-7-6-21-12(14(23)18-7)11(19-20-21)13(22)17-5-8-4-9(15)2-3-10(8)16/h2-4,6H,5H2,1H3,(H,17,22)(H,18,23). The number of carbonyl (C=O) groups is 1. The van der Waals surface area contributed by atoms with Crippen molar-refractivity contribution >= 4 is 11.4 Å². The minimum atomic E-state index is -0.710. The van der Waals surface area contributed by atoms with Gasteiger partial charge in [-0.05, 0) is 25.1 Å². The first-order chi connectivity index (χ1) is 11.0. The summed E-state index contributed by atoms with van der Waals surface area (Å²) in [4.78, 5) is 26.6. The topological polar surface area (TPSA) is 92.2 Å². The molecule has 0 atom stereocenters. The first kappa shape index (κ1) is 14.8. The molecule has 0 bridgehead atoms. The number of rotatable bonds is 3. The fraction of sp³-hybridized carbons (Fsp3) is 0.143. The fourth-order valence-electron chi connectivity index (χ4n) is 2.14. The van der Waals surface area contributed by atoms with Crippen molar-refractivity contribution in [2.45, 2.75) is 13.5 Å². The number of benzene rings is 1. The first-order valence-electron chi connectivity index (χ1n) is 6.63. The number of aryl methyl sites for hydroxylation is 1. The number of aromatic nitrogens is 4. The zero-order valence-electron chi connectivity index (χ0n) is 11.9. The molecule has 7 nitrogen and oxygen atoms in total. The SMILES string of the molecule is Cc1cn2nnc(C(=O)NCc3cc(F)ccc3F)c2c(=O)[nH]1. The Morgan fingerprint density at radius 1 is 1.39 bits per heavy atom. The van der Waals surface area contributed by atoms with Crippen LogP contribution in [0.4, 0.5) is 8.78 Å². The Labute approximate surface area is 128 Å². The molecular formula is C14H11F2N5O2. The van der Waals surface area contributed by atoms with E-state index in [9.17, 15) is 18.4 Å². The minimum absolute atomic E-state index is 0.0143. The summed E-state index contributed by atoms with van der Waals surface area (Å²) >= 11 is 0. The summed E-state index contributed by atoms with van der Waals surface area (Å²) in [6.07, 6.45) is 1.51. The van der Waals surface area contributed by atoms with Gasteiger partial charge in [0.1, 0.15) is 11.6 Å². The highest BCUT2D eigenvalue weighted by Gasteiger charge is 2.18. The number of hydrogen-bond acceptors (Lipinski definition) is 4. The van der Waals surface area contributed by atoms with Gasteiger partial charge in [-0.2, -0.15) is 0 Å². The second-order valence-corrected chi connectivity index (χ2v) is 4.92. The molecule has 0 aliphatic heterocycles. The first-order valence-corrected chi connectivity index (χ1v) is 6.63. The molecule has 2 N–H and O–H groups in total. The molecular weight excluding hydrogens is 308 g/mol. The van der Waals surface area contributed by atoms with Gasteiger partial charge in [-0.25, -0.2) is 13.3 Å². The summed E-state index contributed by atoms with van der Waals surface area (Å²) in [6, 6.07) is 2.93. The second-order valence-electron chi connectivity index (χ2n) is 4.92. The summed E-state index contributed by atoms with van der Waals surface area (Å²) in [5, 5.41) is 9.75. The molecule has 3 aromatic rings. The average molecular weight is 319 g/mol. The summed E-state index contributed by atoms with van der Waals surface area (Å²) in [5.74, 6) is -1.97. The lowest BCUT2D eigenvalue weighted by Gasteiger charge is -2.05. The van der Waals surface area contributed by atoms with E-state index in [1.807, 2.05) is 0 Å². The lowest BCUT2D eigenvalue weighted by atomic mass is 10.2. The number of nitrogens with zero attached hydrogens (tertiary/aromatic N) is 3. The molecule has 1 amide bonds. The van der Waals surface area contributed by atoms with Gasteiger partial charge in [0.05, 0.1) is 6.20 Å². The third-order valence-electron chi connectivity index (χ3n) is 3.20. The Morgan fingerprint density at radius 2 is 2.17 bits per heavy atom. The molecule has 0 spiro atoms. The average Bonchev–Trinajstić information content (AvgIpc) is 2.92. The largest absolute Gasteiger partial charge is 0.346 e. The number of nitrogens with one attached hydrogen (secondary N) is 2. The van der Waals surface area contributed by atoms with Crippen molar-refractivity contribution in [1.29, 1.82) is 0 Å². The lowest BCUT2D eigenvalue weighted by Crippen LogP contribution is -2.25. The van der Waals surface area contributed by atoms with Crippen molar-refractivity contribution in [2.24, 2.45) is 0 Å². The van der Waals surface area contributed by atoms with Crippen LogP contribution < -0.4 is 10.9 Å². The molecule has 118 valence electrons. The molecule has 2 aromatic heterocycles. The van der Waals surface area contributed by atoms with Crippen LogP contribution in [0.25, 0.3) is 5.52 Å². The van der Waals surface area contributed by atoms with Gasteiger partial charge in [-0.3, -0.25) is 9.59 Å². The van der Waals surface area contributed by atoms with Crippen LogP contribution in [0.3, 0.4) is 0 Å². The van der Waals surface area contributed by atoms with Crippen LogP contribution >= 0.6 is 0 Å². The number of halogens is 2. The molecule has 1 aromatic carbocycles. The van der Waals surface area contributed by atoms with Crippen molar-refractivity contribution in [3.8, 4) is 0 Å². The number of carbonyl (C=O) groups excluding carboxylic acids is 1. The van der Waals surface area contributed by atoms with E-state index in [2.05, 4.69) is 20.6 Å². The number of amides is 1. The van der Waals surface area contributed by atoms with Crippen LogP contribution in [0.15, 0.2) is 29.2 Å². The van der Waals surface area contributed by atoms with Crippen LogP contribution in [0, 0.1) is 18.6 Å². The van der Waals surface area contributed by atoms with Crippen LogP contribution in [-0.4, -0.2) is 25.7 Å². The third-order valence-corrected chi connectivity index (χ3v) is 3.20. The van der Waals surface area contributed by atoms with Gasteiger partial charge in [0.25, 0.3) is 11.5 Å². The van der Waals surface area contributed by atoms with Gasteiger partial charge in [0.2, 0.25) is 0 Å². The summed E-state index contributed by atoms with van der Waals surface area (Å²) < 4.78 is 27.8. The summed E-state index contributed by atoms with van der Waals surface area (Å²) in [5.41, 5.74) is -0.186. The molecule has 0 fully saturated rings. The predicted octanol–water partition coefficient (Wildman–Crippen LogP) is 0.934. The van der Waals surface area contributed by atoms with E-state index < -0.39 is 23.1 Å². The van der Waals surface area contributed by atoms with Crippen molar-refractivity contribution in [2.75, 3.05) is 0 Å². The Kier molecular flexibility index (Phi) is 3.61. The second kappa shape index (κ2) is 5.59. The Bertz CT molecular complexity index is 963. The molecule has 0 aliphatic carbocycles. The minimum Gasteiger partial charge on any atom is -0.346 e. The Balaban J connectivity index is 1.87. The molecule has 0 radical (unpaired) electrons. The number of aromatic amines is 1. The van der Waals surface area contributed by atoms with Crippen molar-refractivity contribution in [3.63, 3.8) is 0 Å². The van der Waals surface area contributed by atoms with Crippen LogP contribution in [0.5, 0.6) is 0 Å². The third kappa shape index (κ3) is 2.80. The molecule has 3 rings (SSSR count). The van der Waals surface area contributed by atoms with Crippen molar-refractivity contribution in [3.05, 3.63) is 63.3 Å². The van der Waals surface area contributed by atoms with E-state index in [4.69, 9.17) is 0 Å². The van der Waals surface area contributed by atoms with E-state index in [-0.39, 0.29) is 23.3 Å². The van der Waals surface area contributed by atoms with Gasteiger partial charge >= 0.3 is 0 Å². The predicted molar refractivity (Wildman–Crippen MR) is 75.9 cm³/mol. The molecule has 0 aliphatic rings. The van der Waals surface area contributed by atoms with Gasteiger partial charge < -0.3 is 10.3 Å². The van der Waals surface area contributed by atoms with Crippen LogP contribution in [0.1, 0.15) is 21.7 Å². The molecule has 0 saturated carbocycles. The maximum atomic E-state index is 13.5.